The normalized spacial score (nSPS) is 21.5. The summed E-state index contributed by atoms with van der Waals surface area (Å²) in [7, 11) is 1.81. The standard InChI is InChI=1S/C20H31N5O/c1-3-24-12-10-17(15-24)14-23-20(21-2)22-13-16-6-8-18(9-7-16)25-11-4-5-19(25)26/h6-9,17H,3-5,10-15H2,1-2H3,(H2,21,22,23). The number of likely N-dealkylation sites (tertiary alicyclic amines) is 1. The number of nitrogens with zero attached hydrogens (tertiary/aromatic N) is 3. The Labute approximate surface area is 156 Å². The second kappa shape index (κ2) is 9.03. The van der Waals surface area contributed by atoms with Crippen molar-refractivity contribution in [2.24, 2.45) is 10.9 Å². The zero-order chi connectivity index (χ0) is 18.4. The molecule has 0 aliphatic carbocycles. The van der Waals surface area contributed by atoms with Gasteiger partial charge in [0.1, 0.15) is 0 Å². The Kier molecular flexibility index (Phi) is 6.50. The third kappa shape index (κ3) is 4.75. The lowest BCUT2D eigenvalue weighted by Gasteiger charge is -2.17. The van der Waals surface area contributed by atoms with Crippen LogP contribution in [0.3, 0.4) is 0 Å². The van der Waals surface area contributed by atoms with Gasteiger partial charge in [-0.2, -0.15) is 0 Å². The van der Waals surface area contributed by atoms with E-state index in [1.807, 2.05) is 24.1 Å². The third-order valence-corrected chi connectivity index (χ3v) is 5.38. The number of benzene rings is 1. The molecule has 26 heavy (non-hydrogen) atoms. The second-order valence-electron chi connectivity index (χ2n) is 7.17. The molecule has 2 aliphatic heterocycles. The van der Waals surface area contributed by atoms with Crippen LogP contribution < -0.4 is 15.5 Å². The first-order valence-corrected chi connectivity index (χ1v) is 9.75. The molecule has 0 saturated carbocycles. The van der Waals surface area contributed by atoms with Crippen LogP contribution in [0.2, 0.25) is 0 Å². The number of aliphatic imine (C=N–C) groups is 1. The molecule has 0 radical (unpaired) electrons. The molecule has 2 aliphatic rings. The molecule has 2 saturated heterocycles. The Morgan fingerprint density at radius 1 is 1.23 bits per heavy atom. The van der Waals surface area contributed by atoms with E-state index < -0.39 is 0 Å². The molecule has 0 spiro atoms. The molecule has 1 amide bonds. The van der Waals surface area contributed by atoms with Crippen LogP contribution in [0.4, 0.5) is 5.69 Å². The van der Waals surface area contributed by atoms with Gasteiger partial charge in [0, 0.05) is 45.3 Å². The van der Waals surface area contributed by atoms with Crippen molar-refractivity contribution in [1.29, 1.82) is 0 Å². The van der Waals surface area contributed by atoms with Gasteiger partial charge in [-0.15, -0.1) is 0 Å². The molecule has 2 heterocycles. The van der Waals surface area contributed by atoms with Gasteiger partial charge in [0.25, 0.3) is 0 Å². The van der Waals surface area contributed by atoms with Gasteiger partial charge in [0.15, 0.2) is 5.96 Å². The van der Waals surface area contributed by atoms with Gasteiger partial charge >= 0.3 is 0 Å². The molecule has 2 N–H and O–H groups in total. The predicted molar refractivity (Wildman–Crippen MR) is 106 cm³/mol. The van der Waals surface area contributed by atoms with Crippen LogP contribution in [-0.4, -0.2) is 56.5 Å². The summed E-state index contributed by atoms with van der Waals surface area (Å²) in [5.41, 5.74) is 2.18. The van der Waals surface area contributed by atoms with Crippen molar-refractivity contribution in [3.05, 3.63) is 29.8 Å². The SMILES string of the molecule is CCN1CCC(CNC(=NC)NCc2ccc(N3CCCC3=O)cc2)C1. The minimum atomic E-state index is 0.231. The molecule has 0 bridgehead atoms. The van der Waals surface area contributed by atoms with E-state index in [4.69, 9.17) is 0 Å². The zero-order valence-electron chi connectivity index (χ0n) is 16.0. The minimum absolute atomic E-state index is 0.231. The Balaban J connectivity index is 1.44. The quantitative estimate of drug-likeness (QED) is 0.602. The van der Waals surface area contributed by atoms with E-state index in [0.29, 0.717) is 12.3 Å². The summed E-state index contributed by atoms with van der Waals surface area (Å²) in [5.74, 6) is 1.78. The lowest BCUT2D eigenvalue weighted by atomic mass is 10.1. The molecule has 2 fully saturated rings. The minimum Gasteiger partial charge on any atom is -0.356 e. The number of hydrogen-bond acceptors (Lipinski definition) is 3. The molecular weight excluding hydrogens is 326 g/mol. The summed E-state index contributed by atoms with van der Waals surface area (Å²) in [6, 6.07) is 8.23. The largest absolute Gasteiger partial charge is 0.356 e. The predicted octanol–water partition coefficient (Wildman–Crippen LogP) is 1.82. The molecular formula is C20H31N5O. The fraction of sp³-hybridized carbons (Fsp3) is 0.600. The van der Waals surface area contributed by atoms with E-state index in [-0.39, 0.29) is 5.91 Å². The molecule has 1 aromatic carbocycles. The number of rotatable bonds is 6. The highest BCUT2D eigenvalue weighted by atomic mass is 16.2. The molecule has 3 rings (SSSR count). The molecule has 1 atom stereocenters. The van der Waals surface area contributed by atoms with Gasteiger partial charge in [-0.3, -0.25) is 9.79 Å². The molecule has 0 aromatic heterocycles. The van der Waals surface area contributed by atoms with Crippen molar-refractivity contribution in [2.75, 3.05) is 44.7 Å². The second-order valence-corrected chi connectivity index (χ2v) is 7.17. The first-order valence-electron chi connectivity index (χ1n) is 9.75. The molecule has 142 valence electrons. The van der Waals surface area contributed by atoms with Crippen LogP contribution in [0.5, 0.6) is 0 Å². The average Bonchev–Trinajstić information content (AvgIpc) is 3.31. The fourth-order valence-corrected chi connectivity index (χ4v) is 3.73. The maximum absolute atomic E-state index is 11.8. The summed E-state index contributed by atoms with van der Waals surface area (Å²) in [4.78, 5) is 20.5. The van der Waals surface area contributed by atoms with Crippen LogP contribution in [0.25, 0.3) is 0 Å². The molecule has 1 aromatic rings. The monoisotopic (exact) mass is 357 g/mol. The van der Waals surface area contributed by atoms with Crippen LogP contribution in [0.1, 0.15) is 31.7 Å². The van der Waals surface area contributed by atoms with Crippen molar-refractivity contribution in [2.45, 2.75) is 32.7 Å². The maximum atomic E-state index is 11.8. The van der Waals surface area contributed by atoms with E-state index in [9.17, 15) is 4.79 Å². The first kappa shape index (κ1) is 18.7. The highest BCUT2D eigenvalue weighted by Gasteiger charge is 2.22. The number of anilines is 1. The van der Waals surface area contributed by atoms with Gasteiger partial charge < -0.3 is 20.4 Å². The Morgan fingerprint density at radius 3 is 2.65 bits per heavy atom. The Morgan fingerprint density at radius 2 is 2.04 bits per heavy atom. The zero-order valence-corrected chi connectivity index (χ0v) is 16.0. The first-order chi connectivity index (χ1) is 12.7. The topological polar surface area (TPSA) is 60.0 Å². The average molecular weight is 358 g/mol. The van der Waals surface area contributed by atoms with Crippen LogP contribution in [-0.2, 0) is 11.3 Å². The van der Waals surface area contributed by atoms with Crippen molar-refractivity contribution < 1.29 is 4.79 Å². The van der Waals surface area contributed by atoms with Gasteiger partial charge in [0.2, 0.25) is 5.91 Å². The molecule has 6 heteroatoms. The summed E-state index contributed by atoms with van der Waals surface area (Å²) in [5, 5.41) is 6.82. The highest BCUT2D eigenvalue weighted by molar-refractivity contribution is 5.95. The van der Waals surface area contributed by atoms with E-state index in [2.05, 4.69) is 39.6 Å². The highest BCUT2D eigenvalue weighted by Crippen LogP contribution is 2.21. The van der Waals surface area contributed by atoms with Crippen molar-refractivity contribution >= 4 is 17.6 Å². The number of hydrogen-bond donors (Lipinski definition) is 2. The maximum Gasteiger partial charge on any atom is 0.227 e. The van der Waals surface area contributed by atoms with E-state index in [0.717, 1.165) is 44.2 Å². The number of amides is 1. The smallest absolute Gasteiger partial charge is 0.227 e. The van der Waals surface area contributed by atoms with E-state index >= 15 is 0 Å². The Bertz CT molecular complexity index is 628. The fourth-order valence-electron chi connectivity index (χ4n) is 3.73. The summed E-state index contributed by atoms with van der Waals surface area (Å²) < 4.78 is 0. The van der Waals surface area contributed by atoms with Crippen LogP contribution in [0, 0.1) is 5.92 Å². The number of guanidine groups is 1. The third-order valence-electron chi connectivity index (χ3n) is 5.38. The van der Waals surface area contributed by atoms with Crippen molar-refractivity contribution in [3.63, 3.8) is 0 Å². The number of carbonyl (C=O) groups excluding carboxylic acids is 1. The van der Waals surface area contributed by atoms with E-state index in [1.165, 1.54) is 25.1 Å². The van der Waals surface area contributed by atoms with Gasteiger partial charge in [-0.1, -0.05) is 19.1 Å². The number of nitrogens with one attached hydrogen (secondary N) is 2. The summed E-state index contributed by atoms with van der Waals surface area (Å²) in [6.07, 6.45) is 2.89. The Hall–Kier alpha value is -2.08. The summed E-state index contributed by atoms with van der Waals surface area (Å²) >= 11 is 0. The summed E-state index contributed by atoms with van der Waals surface area (Å²) in [6.45, 7) is 8.27. The van der Waals surface area contributed by atoms with Gasteiger partial charge in [-0.05, 0) is 49.5 Å². The van der Waals surface area contributed by atoms with Crippen LogP contribution >= 0.6 is 0 Å². The molecule has 6 nitrogen and oxygen atoms in total. The van der Waals surface area contributed by atoms with Crippen molar-refractivity contribution in [3.8, 4) is 0 Å². The van der Waals surface area contributed by atoms with Crippen molar-refractivity contribution in [1.82, 2.24) is 15.5 Å². The lowest BCUT2D eigenvalue weighted by Crippen LogP contribution is -2.39. The number of carbonyl (C=O) groups is 1. The lowest BCUT2D eigenvalue weighted by molar-refractivity contribution is -0.117. The van der Waals surface area contributed by atoms with Gasteiger partial charge in [-0.25, -0.2) is 0 Å². The molecule has 1 unspecified atom stereocenters. The van der Waals surface area contributed by atoms with E-state index in [1.54, 1.807) is 0 Å². The van der Waals surface area contributed by atoms with Gasteiger partial charge in [0.05, 0.1) is 0 Å². The van der Waals surface area contributed by atoms with Crippen LogP contribution in [0.15, 0.2) is 29.3 Å².